The third kappa shape index (κ3) is 2.72. The van der Waals surface area contributed by atoms with E-state index in [2.05, 4.69) is 4.98 Å². The maximum atomic E-state index is 12.1. The summed E-state index contributed by atoms with van der Waals surface area (Å²) in [6.45, 7) is 1.96. The molecule has 0 aliphatic heterocycles. The molecule has 0 aliphatic carbocycles. The first kappa shape index (κ1) is 10.0. The topological polar surface area (TPSA) is 12.9 Å². The maximum Gasteiger partial charge on any atom is 0.417 e. The highest BCUT2D eigenvalue weighted by atomic mass is 19.4. The second-order valence-corrected chi connectivity index (χ2v) is 2.79. The minimum Gasteiger partial charge on any atom is -0.261 e. The lowest BCUT2D eigenvalue weighted by Crippen LogP contribution is -2.05. The van der Waals surface area contributed by atoms with E-state index in [1.54, 1.807) is 0 Å². The van der Waals surface area contributed by atoms with Crippen LogP contribution in [0.25, 0.3) is 0 Å². The molecule has 1 heterocycles. The fraction of sp³-hybridized carbons (Fsp3) is 0.444. The van der Waals surface area contributed by atoms with E-state index in [0.717, 1.165) is 25.1 Å². The monoisotopic (exact) mass is 189 g/mol. The van der Waals surface area contributed by atoms with Crippen molar-refractivity contribution in [1.82, 2.24) is 4.98 Å². The summed E-state index contributed by atoms with van der Waals surface area (Å²) < 4.78 is 36.2. The van der Waals surface area contributed by atoms with Crippen molar-refractivity contribution >= 4 is 0 Å². The van der Waals surface area contributed by atoms with Gasteiger partial charge in [0.1, 0.15) is 0 Å². The highest BCUT2D eigenvalue weighted by molar-refractivity contribution is 5.16. The molecule has 0 saturated heterocycles. The summed E-state index contributed by atoms with van der Waals surface area (Å²) in [5.41, 5.74) is 0.0165. The minimum absolute atomic E-state index is 0.688. The molecule has 13 heavy (non-hydrogen) atoms. The largest absolute Gasteiger partial charge is 0.417 e. The Bertz CT molecular complexity index is 263. The van der Waals surface area contributed by atoms with Crippen LogP contribution in [-0.4, -0.2) is 4.98 Å². The van der Waals surface area contributed by atoms with Gasteiger partial charge in [-0.15, -0.1) is 0 Å². The van der Waals surface area contributed by atoms with Gasteiger partial charge in [-0.3, -0.25) is 4.98 Å². The Morgan fingerprint density at radius 3 is 2.38 bits per heavy atom. The van der Waals surface area contributed by atoms with Crippen molar-refractivity contribution in [1.29, 1.82) is 0 Å². The molecule has 1 rings (SSSR count). The number of nitrogens with zero attached hydrogens (tertiary/aromatic N) is 1. The summed E-state index contributed by atoms with van der Waals surface area (Å²) in [4.78, 5) is 3.71. The van der Waals surface area contributed by atoms with Gasteiger partial charge < -0.3 is 0 Å². The van der Waals surface area contributed by atoms with Crippen LogP contribution >= 0.6 is 0 Å². The van der Waals surface area contributed by atoms with E-state index in [4.69, 9.17) is 0 Å². The Morgan fingerprint density at radius 2 is 2.00 bits per heavy atom. The van der Waals surface area contributed by atoms with Crippen LogP contribution in [0.15, 0.2) is 18.3 Å². The molecule has 0 unspecified atom stereocenters. The van der Waals surface area contributed by atoms with Crippen LogP contribution in [0.1, 0.15) is 24.6 Å². The van der Waals surface area contributed by atoms with E-state index in [1.807, 2.05) is 6.92 Å². The van der Waals surface area contributed by atoms with Crippen LogP contribution in [0.3, 0.4) is 0 Å². The van der Waals surface area contributed by atoms with Gasteiger partial charge in [0.25, 0.3) is 0 Å². The fourth-order valence-corrected chi connectivity index (χ4v) is 0.996. The van der Waals surface area contributed by atoms with Gasteiger partial charge in [-0.05, 0) is 18.6 Å². The molecule has 0 fully saturated rings. The fourth-order valence-electron chi connectivity index (χ4n) is 0.996. The van der Waals surface area contributed by atoms with E-state index in [0.29, 0.717) is 5.69 Å². The first-order chi connectivity index (χ1) is 6.04. The summed E-state index contributed by atoms with van der Waals surface area (Å²) in [6.07, 6.45) is -1.79. The number of hydrogen-bond acceptors (Lipinski definition) is 1. The van der Waals surface area contributed by atoms with Gasteiger partial charge in [0, 0.05) is 11.9 Å². The van der Waals surface area contributed by atoms with Gasteiger partial charge in [0.05, 0.1) is 5.56 Å². The summed E-state index contributed by atoms with van der Waals surface area (Å²) in [7, 11) is 0. The zero-order chi connectivity index (χ0) is 9.90. The Labute approximate surface area is 74.6 Å². The van der Waals surface area contributed by atoms with Crippen molar-refractivity contribution in [3.05, 3.63) is 29.6 Å². The second kappa shape index (κ2) is 3.77. The lowest BCUT2D eigenvalue weighted by atomic mass is 10.2. The van der Waals surface area contributed by atoms with Crippen LogP contribution < -0.4 is 0 Å². The Kier molecular flexibility index (Phi) is 2.90. The molecule has 0 radical (unpaired) electrons. The molecular weight excluding hydrogens is 179 g/mol. The van der Waals surface area contributed by atoms with Crippen LogP contribution in [0.2, 0.25) is 0 Å². The molecule has 0 spiro atoms. The van der Waals surface area contributed by atoms with E-state index in [1.165, 1.54) is 6.07 Å². The number of alkyl halides is 3. The zero-order valence-electron chi connectivity index (χ0n) is 7.23. The van der Waals surface area contributed by atoms with Crippen molar-refractivity contribution in [3.8, 4) is 0 Å². The average molecular weight is 189 g/mol. The van der Waals surface area contributed by atoms with E-state index < -0.39 is 11.7 Å². The Morgan fingerprint density at radius 1 is 1.31 bits per heavy atom. The van der Waals surface area contributed by atoms with Gasteiger partial charge >= 0.3 is 6.18 Å². The third-order valence-corrected chi connectivity index (χ3v) is 1.66. The molecule has 0 N–H and O–H groups in total. The van der Waals surface area contributed by atoms with Gasteiger partial charge in [-0.25, -0.2) is 0 Å². The summed E-state index contributed by atoms with van der Waals surface area (Å²) in [6, 6.07) is 2.49. The van der Waals surface area contributed by atoms with Crippen LogP contribution in [0.5, 0.6) is 0 Å². The Balaban J connectivity index is 2.81. The molecule has 0 aromatic carbocycles. The van der Waals surface area contributed by atoms with E-state index in [-0.39, 0.29) is 0 Å². The quantitative estimate of drug-likeness (QED) is 0.696. The van der Waals surface area contributed by atoms with E-state index in [9.17, 15) is 13.2 Å². The first-order valence-electron chi connectivity index (χ1n) is 4.06. The van der Waals surface area contributed by atoms with Crippen molar-refractivity contribution in [2.45, 2.75) is 25.9 Å². The molecule has 4 heteroatoms. The maximum absolute atomic E-state index is 12.1. The van der Waals surface area contributed by atoms with Crippen LogP contribution in [-0.2, 0) is 12.6 Å². The van der Waals surface area contributed by atoms with Crippen molar-refractivity contribution in [3.63, 3.8) is 0 Å². The molecule has 1 aromatic heterocycles. The number of rotatable bonds is 2. The van der Waals surface area contributed by atoms with Gasteiger partial charge in [0.2, 0.25) is 0 Å². The smallest absolute Gasteiger partial charge is 0.261 e. The molecule has 0 bridgehead atoms. The second-order valence-electron chi connectivity index (χ2n) is 2.79. The van der Waals surface area contributed by atoms with Crippen molar-refractivity contribution in [2.24, 2.45) is 0 Å². The van der Waals surface area contributed by atoms with Crippen LogP contribution in [0, 0.1) is 0 Å². The zero-order valence-corrected chi connectivity index (χ0v) is 7.23. The van der Waals surface area contributed by atoms with Crippen LogP contribution in [0.4, 0.5) is 13.2 Å². The lowest BCUT2D eigenvalue weighted by molar-refractivity contribution is -0.137. The number of halogens is 3. The predicted molar refractivity (Wildman–Crippen MR) is 43.2 cm³/mol. The normalized spacial score (nSPS) is 11.7. The highest BCUT2D eigenvalue weighted by Gasteiger charge is 2.30. The number of hydrogen-bond donors (Lipinski definition) is 0. The molecular formula is C9H10F3N. The van der Waals surface area contributed by atoms with Gasteiger partial charge in [-0.1, -0.05) is 13.3 Å². The summed E-state index contributed by atoms with van der Waals surface area (Å²) in [5.74, 6) is 0. The number of aromatic nitrogens is 1. The van der Waals surface area contributed by atoms with Crippen molar-refractivity contribution < 1.29 is 13.2 Å². The minimum atomic E-state index is -4.28. The number of pyridine rings is 1. The molecule has 72 valence electrons. The van der Waals surface area contributed by atoms with Gasteiger partial charge in [-0.2, -0.15) is 13.2 Å². The SMILES string of the molecule is CCCc1ccc(C(F)(F)F)cn1. The average Bonchev–Trinajstić information content (AvgIpc) is 2.04. The summed E-state index contributed by atoms with van der Waals surface area (Å²) in [5, 5.41) is 0. The summed E-state index contributed by atoms with van der Waals surface area (Å²) >= 11 is 0. The van der Waals surface area contributed by atoms with Crippen molar-refractivity contribution in [2.75, 3.05) is 0 Å². The lowest BCUT2D eigenvalue weighted by Gasteiger charge is -2.05. The Hall–Kier alpha value is -1.06. The number of aryl methyl sites for hydroxylation is 1. The van der Waals surface area contributed by atoms with Gasteiger partial charge in [0.15, 0.2) is 0 Å². The molecule has 0 amide bonds. The standard InChI is InChI=1S/C9H10F3N/c1-2-3-8-5-4-7(6-13-8)9(10,11)12/h4-6H,2-3H2,1H3. The third-order valence-electron chi connectivity index (χ3n) is 1.66. The highest BCUT2D eigenvalue weighted by Crippen LogP contribution is 2.28. The molecule has 0 saturated carbocycles. The molecule has 1 nitrogen and oxygen atoms in total. The van der Waals surface area contributed by atoms with E-state index >= 15 is 0 Å². The molecule has 1 aromatic rings. The molecule has 0 aliphatic rings. The predicted octanol–water partition coefficient (Wildman–Crippen LogP) is 3.05. The first-order valence-corrected chi connectivity index (χ1v) is 4.06. The molecule has 0 atom stereocenters.